The molecule has 0 spiro atoms. The van der Waals surface area contributed by atoms with Crippen LogP contribution in [0.15, 0.2) is 0 Å². The van der Waals surface area contributed by atoms with E-state index in [0.717, 1.165) is 18.8 Å². The second kappa shape index (κ2) is 8.08. The molecule has 5 nitrogen and oxygen atoms in total. The normalized spacial score (nSPS) is 23.4. The molecule has 0 aliphatic heterocycles. The molecule has 0 heterocycles. The number of hydrogen-bond acceptors (Lipinski definition) is 3. The summed E-state index contributed by atoms with van der Waals surface area (Å²) < 4.78 is 0. The van der Waals surface area contributed by atoms with E-state index < -0.39 is 11.8 Å². The van der Waals surface area contributed by atoms with Crippen LogP contribution in [0.5, 0.6) is 0 Å². The first-order valence-corrected chi connectivity index (χ1v) is 6.93. The number of rotatable bonds is 5. The lowest BCUT2D eigenvalue weighted by molar-refractivity contribution is -0.139. The molecule has 4 N–H and O–H groups in total. The van der Waals surface area contributed by atoms with Crippen molar-refractivity contribution in [2.45, 2.75) is 39.0 Å². The van der Waals surface area contributed by atoms with Crippen LogP contribution in [0.1, 0.15) is 39.0 Å². The van der Waals surface area contributed by atoms with Gasteiger partial charge in [-0.3, -0.25) is 9.59 Å². The van der Waals surface area contributed by atoms with Crippen LogP contribution in [0.3, 0.4) is 0 Å². The molecule has 0 radical (unpaired) electrons. The number of carbonyl (C=O) groups is 2. The lowest BCUT2D eigenvalue weighted by atomic mass is 9.81. The Balaban J connectivity index is 2.17. The van der Waals surface area contributed by atoms with Crippen LogP contribution in [0.4, 0.5) is 0 Å². The molecule has 1 fully saturated rings. The van der Waals surface area contributed by atoms with Crippen LogP contribution in [0.25, 0.3) is 0 Å². The van der Waals surface area contributed by atoms with E-state index in [1.807, 2.05) is 0 Å². The van der Waals surface area contributed by atoms with Gasteiger partial charge in [-0.2, -0.15) is 0 Å². The Hall–Kier alpha value is -1.10. The zero-order valence-electron chi connectivity index (χ0n) is 11.2. The molecule has 0 aromatic heterocycles. The van der Waals surface area contributed by atoms with Crippen molar-refractivity contribution >= 4 is 11.8 Å². The van der Waals surface area contributed by atoms with E-state index in [-0.39, 0.29) is 0 Å². The topological polar surface area (TPSA) is 84.2 Å². The van der Waals surface area contributed by atoms with Crippen molar-refractivity contribution in [2.75, 3.05) is 19.6 Å². The quantitative estimate of drug-likeness (QED) is 0.621. The maximum Gasteiger partial charge on any atom is 0.309 e. The number of nitrogens with two attached hydrogens (primary N) is 1. The van der Waals surface area contributed by atoms with Gasteiger partial charge < -0.3 is 16.4 Å². The van der Waals surface area contributed by atoms with Gasteiger partial charge in [0.25, 0.3) is 0 Å². The highest BCUT2D eigenvalue weighted by molar-refractivity contribution is 6.35. The minimum Gasteiger partial charge on any atom is -0.348 e. The summed E-state index contributed by atoms with van der Waals surface area (Å²) in [7, 11) is 0. The maximum atomic E-state index is 11.4. The van der Waals surface area contributed by atoms with Crippen molar-refractivity contribution in [3.8, 4) is 0 Å². The molecule has 1 rings (SSSR count). The third-order valence-electron chi connectivity index (χ3n) is 3.73. The van der Waals surface area contributed by atoms with Crippen molar-refractivity contribution in [3.63, 3.8) is 0 Å². The van der Waals surface area contributed by atoms with Gasteiger partial charge >= 0.3 is 11.8 Å². The number of hydrogen-bond donors (Lipinski definition) is 3. The van der Waals surface area contributed by atoms with Gasteiger partial charge in [-0.1, -0.05) is 26.2 Å². The Morgan fingerprint density at radius 2 is 1.61 bits per heavy atom. The van der Waals surface area contributed by atoms with Gasteiger partial charge in [0.2, 0.25) is 0 Å². The molecule has 0 atom stereocenters. The first kappa shape index (κ1) is 15.0. The molecule has 0 bridgehead atoms. The van der Waals surface area contributed by atoms with Crippen LogP contribution in [0, 0.1) is 11.8 Å². The van der Waals surface area contributed by atoms with Crippen LogP contribution >= 0.6 is 0 Å². The summed E-state index contributed by atoms with van der Waals surface area (Å²) in [5.74, 6) is 0.257. The lowest BCUT2D eigenvalue weighted by Gasteiger charge is -2.27. The fourth-order valence-electron chi connectivity index (χ4n) is 2.43. The minimum atomic E-state index is -0.581. The van der Waals surface area contributed by atoms with Crippen molar-refractivity contribution in [1.82, 2.24) is 10.6 Å². The molecule has 2 amide bonds. The van der Waals surface area contributed by atoms with Crippen LogP contribution in [-0.4, -0.2) is 31.4 Å². The predicted molar refractivity (Wildman–Crippen MR) is 70.8 cm³/mol. The van der Waals surface area contributed by atoms with Gasteiger partial charge in [-0.25, -0.2) is 0 Å². The van der Waals surface area contributed by atoms with E-state index in [1.165, 1.54) is 19.3 Å². The van der Waals surface area contributed by atoms with E-state index in [1.54, 1.807) is 0 Å². The predicted octanol–water partition coefficient (Wildman–Crippen LogP) is 0.394. The highest BCUT2D eigenvalue weighted by Gasteiger charge is 2.21. The van der Waals surface area contributed by atoms with Crippen molar-refractivity contribution in [1.29, 1.82) is 0 Å². The summed E-state index contributed by atoms with van der Waals surface area (Å²) in [4.78, 5) is 22.7. The van der Waals surface area contributed by atoms with Gasteiger partial charge in [0.15, 0.2) is 0 Å². The fourth-order valence-corrected chi connectivity index (χ4v) is 2.43. The Labute approximate surface area is 109 Å². The van der Waals surface area contributed by atoms with E-state index in [0.29, 0.717) is 25.6 Å². The zero-order valence-corrected chi connectivity index (χ0v) is 11.2. The molecule has 0 saturated heterocycles. The smallest absolute Gasteiger partial charge is 0.309 e. The van der Waals surface area contributed by atoms with Crippen molar-refractivity contribution in [3.05, 3.63) is 0 Å². The summed E-state index contributed by atoms with van der Waals surface area (Å²) >= 11 is 0. The largest absolute Gasteiger partial charge is 0.348 e. The van der Waals surface area contributed by atoms with Crippen LogP contribution in [0.2, 0.25) is 0 Å². The second-order valence-electron chi connectivity index (χ2n) is 5.05. The summed E-state index contributed by atoms with van der Waals surface area (Å²) in [6.45, 7) is 3.54. The Morgan fingerprint density at radius 3 is 2.17 bits per heavy atom. The lowest BCUT2D eigenvalue weighted by Crippen LogP contribution is -2.43. The summed E-state index contributed by atoms with van der Waals surface area (Å²) in [6, 6.07) is 0. The van der Waals surface area contributed by atoms with E-state index in [2.05, 4.69) is 17.6 Å². The molecular weight excluding hydrogens is 230 g/mol. The molecule has 104 valence electrons. The minimum absolute atomic E-state index is 0.341. The van der Waals surface area contributed by atoms with Gasteiger partial charge in [0.05, 0.1) is 0 Å². The molecular formula is C13H25N3O2. The number of carbonyl (C=O) groups excluding carboxylic acids is 2. The molecule has 0 aromatic rings. The van der Waals surface area contributed by atoms with Crippen molar-refractivity contribution < 1.29 is 9.59 Å². The first-order valence-electron chi connectivity index (χ1n) is 6.93. The molecule has 18 heavy (non-hydrogen) atoms. The molecule has 0 unspecified atom stereocenters. The van der Waals surface area contributed by atoms with Gasteiger partial charge in [-0.05, 0) is 24.7 Å². The third-order valence-corrected chi connectivity index (χ3v) is 3.73. The average Bonchev–Trinajstić information content (AvgIpc) is 2.42. The number of nitrogens with one attached hydrogen (secondary N) is 2. The number of amides is 2. The SMILES string of the molecule is CCC1CCC(CNC(=O)C(=O)NCCN)CC1. The van der Waals surface area contributed by atoms with Gasteiger partial charge in [0.1, 0.15) is 0 Å². The molecule has 1 aliphatic carbocycles. The van der Waals surface area contributed by atoms with Gasteiger partial charge in [0, 0.05) is 19.6 Å². The van der Waals surface area contributed by atoms with E-state index in [4.69, 9.17) is 5.73 Å². The van der Waals surface area contributed by atoms with Gasteiger partial charge in [-0.15, -0.1) is 0 Å². The summed E-state index contributed by atoms with van der Waals surface area (Å²) in [6.07, 6.45) is 6.06. The molecule has 0 aromatic carbocycles. The maximum absolute atomic E-state index is 11.4. The standard InChI is InChI=1S/C13H25N3O2/c1-2-10-3-5-11(6-4-10)9-16-13(18)12(17)15-8-7-14/h10-11H,2-9,14H2,1H3,(H,15,17)(H,16,18). The average molecular weight is 255 g/mol. The highest BCUT2D eigenvalue weighted by Crippen LogP contribution is 2.29. The van der Waals surface area contributed by atoms with Crippen LogP contribution < -0.4 is 16.4 Å². The summed E-state index contributed by atoms with van der Waals surface area (Å²) in [5.41, 5.74) is 5.25. The first-order chi connectivity index (χ1) is 8.67. The van der Waals surface area contributed by atoms with E-state index >= 15 is 0 Å². The van der Waals surface area contributed by atoms with E-state index in [9.17, 15) is 9.59 Å². The Bertz CT molecular complexity index is 273. The molecule has 5 heteroatoms. The second-order valence-corrected chi connectivity index (χ2v) is 5.05. The van der Waals surface area contributed by atoms with Crippen molar-refractivity contribution in [2.24, 2.45) is 17.6 Å². The highest BCUT2D eigenvalue weighted by atomic mass is 16.2. The summed E-state index contributed by atoms with van der Waals surface area (Å²) in [5, 5.41) is 5.16. The third kappa shape index (κ3) is 5.04. The Kier molecular flexibility index (Phi) is 6.72. The molecule has 1 aliphatic rings. The van der Waals surface area contributed by atoms with Crippen LogP contribution in [-0.2, 0) is 9.59 Å². The Morgan fingerprint density at radius 1 is 1.06 bits per heavy atom. The fraction of sp³-hybridized carbons (Fsp3) is 0.846. The zero-order chi connectivity index (χ0) is 13.4. The monoisotopic (exact) mass is 255 g/mol. The molecule has 1 saturated carbocycles.